The molecule has 0 atom stereocenters. The first-order chi connectivity index (χ1) is 9.27. The molecule has 1 aliphatic rings. The van der Waals surface area contributed by atoms with E-state index in [1.54, 1.807) is 12.1 Å². The minimum Gasteiger partial charge on any atom is -0.399 e. The van der Waals surface area contributed by atoms with Crippen molar-refractivity contribution in [1.82, 2.24) is 4.90 Å². The molecule has 1 saturated heterocycles. The maximum Gasteiger partial charge on any atom is 0.238 e. The zero-order valence-corrected chi connectivity index (χ0v) is 12.7. The SMILES string of the molecule is CN1CCC(N(C)c2cc(N)cc(S(N)(=O)=O)c2)CC1. The lowest BCUT2D eigenvalue weighted by atomic mass is 10.0. The van der Waals surface area contributed by atoms with Gasteiger partial charge < -0.3 is 15.5 Å². The van der Waals surface area contributed by atoms with Crippen molar-refractivity contribution < 1.29 is 8.42 Å². The van der Waals surface area contributed by atoms with Crippen molar-refractivity contribution in [1.29, 1.82) is 0 Å². The molecule has 20 heavy (non-hydrogen) atoms. The van der Waals surface area contributed by atoms with Crippen molar-refractivity contribution in [3.63, 3.8) is 0 Å². The summed E-state index contributed by atoms with van der Waals surface area (Å²) in [7, 11) is 0.341. The largest absolute Gasteiger partial charge is 0.399 e. The Morgan fingerprint density at radius 3 is 2.40 bits per heavy atom. The molecule has 1 heterocycles. The summed E-state index contributed by atoms with van der Waals surface area (Å²) in [4.78, 5) is 4.45. The first kappa shape index (κ1) is 15.1. The highest BCUT2D eigenvalue weighted by atomic mass is 32.2. The van der Waals surface area contributed by atoms with Gasteiger partial charge in [-0.25, -0.2) is 13.6 Å². The summed E-state index contributed by atoms with van der Waals surface area (Å²) in [5.41, 5.74) is 6.99. The Kier molecular flexibility index (Phi) is 4.22. The van der Waals surface area contributed by atoms with Gasteiger partial charge in [-0.05, 0) is 51.2 Å². The van der Waals surface area contributed by atoms with Crippen molar-refractivity contribution >= 4 is 21.4 Å². The fraction of sp³-hybridized carbons (Fsp3) is 0.538. The van der Waals surface area contributed by atoms with E-state index in [4.69, 9.17) is 10.9 Å². The maximum atomic E-state index is 11.5. The first-order valence-corrected chi connectivity index (χ1v) is 8.17. The molecule has 7 heteroatoms. The third-order valence-corrected chi connectivity index (χ3v) is 4.78. The van der Waals surface area contributed by atoms with E-state index < -0.39 is 10.0 Å². The van der Waals surface area contributed by atoms with Crippen LogP contribution >= 0.6 is 0 Å². The normalized spacial score (nSPS) is 18.1. The average molecular weight is 298 g/mol. The van der Waals surface area contributed by atoms with Crippen LogP contribution < -0.4 is 15.8 Å². The summed E-state index contributed by atoms with van der Waals surface area (Å²) in [6.07, 6.45) is 2.10. The molecule has 0 bridgehead atoms. The van der Waals surface area contributed by atoms with Gasteiger partial charge in [0.25, 0.3) is 0 Å². The van der Waals surface area contributed by atoms with Gasteiger partial charge in [-0.1, -0.05) is 0 Å². The fourth-order valence-corrected chi connectivity index (χ4v) is 3.15. The van der Waals surface area contributed by atoms with E-state index in [1.165, 1.54) is 6.07 Å². The first-order valence-electron chi connectivity index (χ1n) is 6.62. The Hall–Kier alpha value is -1.31. The molecule has 0 saturated carbocycles. The smallest absolute Gasteiger partial charge is 0.238 e. The molecule has 6 nitrogen and oxygen atoms in total. The number of rotatable bonds is 3. The molecule has 0 unspecified atom stereocenters. The minimum absolute atomic E-state index is 0.0623. The van der Waals surface area contributed by atoms with Gasteiger partial charge in [0.05, 0.1) is 4.90 Å². The molecule has 2 rings (SSSR count). The molecule has 1 fully saturated rings. The van der Waals surface area contributed by atoms with E-state index >= 15 is 0 Å². The zero-order valence-electron chi connectivity index (χ0n) is 11.9. The number of hydrogen-bond donors (Lipinski definition) is 2. The number of sulfonamides is 1. The molecular weight excluding hydrogens is 276 g/mol. The lowest BCUT2D eigenvalue weighted by Crippen LogP contribution is -2.42. The molecule has 112 valence electrons. The lowest BCUT2D eigenvalue weighted by molar-refractivity contribution is 0.253. The quantitative estimate of drug-likeness (QED) is 0.790. The number of likely N-dealkylation sites (tertiary alicyclic amines) is 1. The van der Waals surface area contributed by atoms with Gasteiger partial charge >= 0.3 is 0 Å². The summed E-state index contributed by atoms with van der Waals surface area (Å²) in [5, 5.41) is 5.18. The van der Waals surface area contributed by atoms with Crippen LogP contribution in [0.15, 0.2) is 23.1 Å². The highest BCUT2D eigenvalue weighted by molar-refractivity contribution is 7.89. The van der Waals surface area contributed by atoms with Crippen LogP contribution in [-0.4, -0.2) is 46.5 Å². The molecule has 0 aliphatic carbocycles. The second-order valence-electron chi connectivity index (χ2n) is 5.45. The number of hydrogen-bond acceptors (Lipinski definition) is 5. The Bertz CT molecular complexity index is 580. The van der Waals surface area contributed by atoms with Crippen molar-refractivity contribution in [2.75, 3.05) is 37.8 Å². The van der Waals surface area contributed by atoms with Crippen molar-refractivity contribution in [3.8, 4) is 0 Å². The van der Waals surface area contributed by atoms with E-state index in [0.29, 0.717) is 11.7 Å². The summed E-state index contributed by atoms with van der Waals surface area (Å²) >= 11 is 0. The lowest BCUT2D eigenvalue weighted by Gasteiger charge is -2.36. The van der Waals surface area contributed by atoms with Crippen LogP contribution in [0.25, 0.3) is 0 Å². The Labute approximate surface area is 120 Å². The third kappa shape index (κ3) is 3.41. The van der Waals surface area contributed by atoms with Crippen molar-refractivity contribution in [2.45, 2.75) is 23.8 Å². The second-order valence-corrected chi connectivity index (χ2v) is 7.01. The van der Waals surface area contributed by atoms with Gasteiger partial charge in [-0.2, -0.15) is 0 Å². The Balaban J connectivity index is 2.26. The summed E-state index contributed by atoms with van der Waals surface area (Å²) < 4.78 is 23.0. The van der Waals surface area contributed by atoms with E-state index in [1.807, 2.05) is 7.05 Å². The molecule has 4 N–H and O–H groups in total. The highest BCUT2D eigenvalue weighted by Gasteiger charge is 2.22. The number of anilines is 2. The van der Waals surface area contributed by atoms with Crippen LogP contribution in [0.2, 0.25) is 0 Å². The van der Waals surface area contributed by atoms with E-state index in [-0.39, 0.29) is 4.90 Å². The van der Waals surface area contributed by atoms with Crippen molar-refractivity contribution in [3.05, 3.63) is 18.2 Å². The van der Waals surface area contributed by atoms with E-state index in [0.717, 1.165) is 31.6 Å². The number of piperidine rings is 1. The molecule has 1 aromatic carbocycles. The van der Waals surface area contributed by atoms with Crippen LogP contribution in [-0.2, 0) is 10.0 Å². The van der Waals surface area contributed by atoms with Crippen molar-refractivity contribution in [2.24, 2.45) is 5.14 Å². The van der Waals surface area contributed by atoms with Gasteiger partial charge in [-0.3, -0.25) is 0 Å². The third-order valence-electron chi connectivity index (χ3n) is 3.89. The van der Waals surface area contributed by atoms with Crippen LogP contribution in [0.5, 0.6) is 0 Å². The molecular formula is C13H22N4O2S. The van der Waals surface area contributed by atoms with Crippen LogP contribution in [0.3, 0.4) is 0 Å². The molecule has 1 aromatic rings. The van der Waals surface area contributed by atoms with Crippen LogP contribution in [0.1, 0.15) is 12.8 Å². The number of primary sulfonamides is 1. The second kappa shape index (κ2) is 5.59. The Morgan fingerprint density at radius 2 is 1.85 bits per heavy atom. The highest BCUT2D eigenvalue weighted by Crippen LogP contribution is 2.26. The average Bonchev–Trinajstić information content (AvgIpc) is 2.37. The standard InChI is InChI=1S/C13H22N4O2S/c1-16-5-3-11(4-6-16)17(2)12-7-10(14)8-13(9-12)20(15,18)19/h7-9,11H,3-6,14H2,1-2H3,(H2,15,18,19). The monoisotopic (exact) mass is 298 g/mol. The summed E-state index contributed by atoms with van der Waals surface area (Å²) in [6.45, 7) is 2.08. The Morgan fingerprint density at radius 1 is 1.25 bits per heavy atom. The molecule has 0 spiro atoms. The zero-order chi connectivity index (χ0) is 14.9. The number of nitrogen functional groups attached to an aromatic ring is 1. The molecule has 0 radical (unpaired) electrons. The van der Waals surface area contributed by atoms with Gasteiger partial charge in [0.15, 0.2) is 0 Å². The molecule has 0 amide bonds. The number of nitrogens with two attached hydrogens (primary N) is 2. The predicted octanol–water partition coefficient (Wildman–Crippen LogP) is 0.447. The van der Waals surface area contributed by atoms with Gasteiger partial charge in [-0.15, -0.1) is 0 Å². The minimum atomic E-state index is -3.74. The van der Waals surface area contributed by atoms with Crippen LogP contribution in [0, 0.1) is 0 Å². The van der Waals surface area contributed by atoms with Gasteiger partial charge in [0, 0.05) is 24.5 Å². The fourth-order valence-electron chi connectivity index (χ4n) is 2.57. The summed E-state index contributed by atoms with van der Waals surface area (Å²) in [6, 6.07) is 5.15. The van der Waals surface area contributed by atoms with Gasteiger partial charge in [0.1, 0.15) is 0 Å². The van der Waals surface area contributed by atoms with E-state index in [2.05, 4.69) is 16.8 Å². The van der Waals surface area contributed by atoms with E-state index in [9.17, 15) is 8.42 Å². The number of nitrogens with zero attached hydrogens (tertiary/aromatic N) is 2. The molecule has 0 aromatic heterocycles. The summed E-state index contributed by atoms with van der Waals surface area (Å²) in [5.74, 6) is 0. The number of benzene rings is 1. The topological polar surface area (TPSA) is 92.7 Å². The molecule has 1 aliphatic heterocycles. The predicted molar refractivity (Wildman–Crippen MR) is 81.1 cm³/mol. The maximum absolute atomic E-state index is 11.5. The van der Waals surface area contributed by atoms with Gasteiger partial charge in [0.2, 0.25) is 10.0 Å². The van der Waals surface area contributed by atoms with Crippen LogP contribution in [0.4, 0.5) is 11.4 Å².